The van der Waals surface area contributed by atoms with Crippen molar-refractivity contribution in [2.24, 2.45) is 5.92 Å². The van der Waals surface area contributed by atoms with Gasteiger partial charge < -0.3 is 5.11 Å². The molecule has 0 aromatic heterocycles. The molecule has 1 radical (unpaired) electrons. The maximum Gasteiger partial charge on any atom is 0.306 e. The molecule has 0 fully saturated rings. The van der Waals surface area contributed by atoms with Crippen molar-refractivity contribution in [1.82, 2.24) is 0 Å². The molecule has 1 atom stereocenters. The van der Waals surface area contributed by atoms with E-state index in [9.17, 15) is 4.79 Å². The molecule has 0 aromatic rings. The fourth-order valence-corrected chi connectivity index (χ4v) is 3.10. The zero-order valence-electron chi connectivity index (χ0n) is 15.8. The molecule has 0 saturated carbocycles. The molecule has 0 heterocycles. The van der Waals surface area contributed by atoms with Crippen LogP contribution in [0.3, 0.4) is 0 Å². The Bertz CT molecular complexity index is 250. The first-order valence-electron chi connectivity index (χ1n) is 10.3. The standard InChI is InChI=1S/C21H41O2/c1-3-5-6-7-8-9-10-11-12-13-14-15-16-17-18-19-20(4-2)21(22)23/h19-20H,3-18H2,1-2H3,(H,22,23)/t20-/m0/s1. The fourth-order valence-electron chi connectivity index (χ4n) is 3.10. The third-order valence-electron chi connectivity index (χ3n) is 4.77. The lowest BCUT2D eigenvalue weighted by Crippen LogP contribution is -2.12. The minimum Gasteiger partial charge on any atom is -0.481 e. The van der Waals surface area contributed by atoms with Crippen LogP contribution >= 0.6 is 0 Å². The van der Waals surface area contributed by atoms with Gasteiger partial charge in [0.25, 0.3) is 0 Å². The fraction of sp³-hybridized carbons (Fsp3) is 0.905. The van der Waals surface area contributed by atoms with E-state index >= 15 is 0 Å². The lowest BCUT2D eigenvalue weighted by molar-refractivity contribution is -0.140. The van der Waals surface area contributed by atoms with Gasteiger partial charge in [-0.2, -0.15) is 0 Å². The number of rotatable bonds is 18. The Morgan fingerprint density at radius 3 is 1.48 bits per heavy atom. The van der Waals surface area contributed by atoms with Crippen LogP contribution in [-0.2, 0) is 4.79 Å². The third kappa shape index (κ3) is 16.1. The number of carboxylic acids is 1. The highest BCUT2D eigenvalue weighted by atomic mass is 16.4. The van der Waals surface area contributed by atoms with Gasteiger partial charge in [-0.25, -0.2) is 0 Å². The molecule has 0 spiro atoms. The van der Waals surface area contributed by atoms with E-state index in [4.69, 9.17) is 5.11 Å². The van der Waals surface area contributed by atoms with Crippen molar-refractivity contribution in [1.29, 1.82) is 0 Å². The first-order valence-corrected chi connectivity index (χ1v) is 10.3. The number of carboxylic acid groups (broad SMARTS) is 1. The van der Waals surface area contributed by atoms with Crippen LogP contribution in [0.1, 0.15) is 117 Å². The lowest BCUT2D eigenvalue weighted by Gasteiger charge is -2.08. The molecule has 0 aliphatic carbocycles. The maximum atomic E-state index is 10.9. The van der Waals surface area contributed by atoms with E-state index in [0.29, 0.717) is 6.42 Å². The number of carbonyl (C=O) groups is 1. The van der Waals surface area contributed by atoms with Gasteiger partial charge in [0.05, 0.1) is 5.92 Å². The van der Waals surface area contributed by atoms with Crippen molar-refractivity contribution in [3.8, 4) is 0 Å². The maximum absolute atomic E-state index is 10.9. The molecule has 0 unspecified atom stereocenters. The summed E-state index contributed by atoms with van der Waals surface area (Å²) in [7, 11) is 0. The zero-order valence-corrected chi connectivity index (χ0v) is 15.8. The van der Waals surface area contributed by atoms with Crippen molar-refractivity contribution < 1.29 is 9.90 Å². The van der Waals surface area contributed by atoms with Crippen LogP contribution in [0.4, 0.5) is 0 Å². The van der Waals surface area contributed by atoms with Gasteiger partial charge in [-0.3, -0.25) is 4.79 Å². The third-order valence-corrected chi connectivity index (χ3v) is 4.77. The van der Waals surface area contributed by atoms with Gasteiger partial charge in [0.15, 0.2) is 0 Å². The molecule has 0 aromatic carbocycles. The highest BCUT2D eigenvalue weighted by molar-refractivity contribution is 5.71. The van der Waals surface area contributed by atoms with Gasteiger partial charge in [0, 0.05) is 0 Å². The molecule has 2 nitrogen and oxygen atoms in total. The summed E-state index contributed by atoms with van der Waals surface area (Å²) < 4.78 is 0. The molecule has 23 heavy (non-hydrogen) atoms. The summed E-state index contributed by atoms with van der Waals surface area (Å²) in [5.74, 6) is -0.908. The Labute approximate surface area is 145 Å². The average molecular weight is 326 g/mol. The lowest BCUT2D eigenvalue weighted by atomic mass is 9.98. The molecule has 0 aliphatic heterocycles. The van der Waals surface area contributed by atoms with Crippen LogP contribution in [0.2, 0.25) is 0 Å². The van der Waals surface area contributed by atoms with E-state index in [1.807, 2.05) is 13.3 Å². The summed E-state index contributed by atoms with van der Waals surface area (Å²) in [6, 6.07) is 0. The molecular formula is C21H41O2. The van der Waals surface area contributed by atoms with Gasteiger partial charge in [-0.05, 0) is 19.3 Å². The van der Waals surface area contributed by atoms with E-state index in [0.717, 1.165) is 12.8 Å². The predicted molar refractivity (Wildman–Crippen MR) is 101 cm³/mol. The van der Waals surface area contributed by atoms with Gasteiger partial charge in [-0.1, -0.05) is 104 Å². The smallest absolute Gasteiger partial charge is 0.306 e. The molecule has 0 aliphatic rings. The Kier molecular flexibility index (Phi) is 17.4. The van der Waals surface area contributed by atoms with Crippen molar-refractivity contribution in [2.45, 2.75) is 117 Å². The summed E-state index contributed by atoms with van der Waals surface area (Å²) in [5, 5.41) is 8.96. The number of hydrogen-bond acceptors (Lipinski definition) is 1. The van der Waals surface area contributed by atoms with Gasteiger partial charge in [-0.15, -0.1) is 0 Å². The van der Waals surface area contributed by atoms with E-state index in [1.54, 1.807) is 0 Å². The van der Waals surface area contributed by atoms with Crippen LogP contribution < -0.4 is 0 Å². The van der Waals surface area contributed by atoms with E-state index in [2.05, 4.69) is 6.92 Å². The quantitative estimate of drug-likeness (QED) is 0.271. The summed E-state index contributed by atoms with van der Waals surface area (Å²) in [6.07, 6.45) is 22.9. The van der Waals surface area contributed by atoms with Crippen molar-refractivity contribution in [3.63, 3.8) is 0 Å². The monoisotopic (exact) mass is 325 g/mol. The van der Waals surface area contributed by atoms with Crippen LogP contribution in [0.25, 0.3) is 0 Å². The predicted octanol–water partition coefficient (Wildman–Crippen LogP) is 7.17. The highest BCUT2D eigenvalue weighted by Crippen LogP contribution is 2.16. The molecule has 0 amide bonds. The normalized spacial score (nSPS) is 12.4. The van der Waals surface area contributed by atoms with E-state index in [-0.39, 0.29) is 5.92 Å². The Balaban J connectivity index is 3.12. The van der Waals surface area contributed by atoms with Crippen molar-refractivity contribution in [3.05, 3.63) is 6.42 Å². The first-order chi connectivity index (χ1) is 11.2. The SMILES string of the molecule is CCCCCCCCCCCCCCCC[CH][C@H](CC)C(=O)O. The second-order valence-corrected chi connectivity index (χ2v) is 6.97. The number of aliphatic carboxylic acids is 1. The van der Waals surface area contributed by atoms with E-state index in [1.165, 1.54) is 83.5 Å². The van der Waals surface area contributed by atoms with Crippen LogP contribution in [0, 0.1) is 12.3 Å². The minimum atomic E-state index is -0.669. The van der Waals surface area contributed by atoms with Crippen molar-refractivity contribution >= 4 is 5.97 Å². The van der Waals surface area contributed by atoms with Crippen LogP contribution in [0.15, 0.2) is 0 Å². The van der Waals surface area contributed by atoms with Gasteiger partial charge >= 0.3 is 5.97 Å². The zero-order chi connectivity index (χ0) is 17.2. The summed E-state index contributed by atoms with van der Waals surface area (Å²) >= 11 is 0. The summed E-state index contributed by atoms with van der Waals surface area (Å²) in [5.41, 5.74) is 0. The second kappa shape index (κ2) is 17.8. The second-order valence-electron chi connectivity index (χ2n) is 6.97. The summed E-state index contributed by atoms with van der Waals surface area (Å²) in [6.45, 7) is 4.22. The molecule has 1 N–H and O–H groups in total. The molecule has 0 rings (SSSR count). The van der Waals surface area contributed by atoms with Gasteiger partial charge in [0.1, 0.15) is 0 Å². The minimum absolute atomic E-state index is 0.239. The first kappa shape index (κ1) is 22.5. The topological polar surface area (TPSA) is 37.3 Å². The average Bonchev–Trinajstić information content (AvgIpc) is 2.54. The number of hydrogen-bond donors (Lipinski definition) is 1. The molecule has 0 bridgehead atoms. The molecular weight excluding hydrogens is 284 g/mol. The summed E-state index contributed by atoms with van der Waals surface area (Å²) in [4.78, 5) is 10.9. The highest BCUT2D eigenvalue weighted by Gasteiger charge is 2.13. The molecule has 2 heteroatoms. The number of unbranched alkanes of at least 4 members (excludes halogenated alkanes) is 14. The Morgan fingerprint density at radius 1 is 0.739 bits per heavy atom. The van der Waals surface area contributed by atoms with Gasteiger partial charge in [0.2, 0.25) is 0 Å². The Morgan fingerprint density at radius 2 is 1.13 bits per heavy atom. The van der Waals surface area contributed by atoms with Crippen LogP contribution in [-0.4, -0.2) is 11.1 Å². The van der Waals surface area contributed by atoms with E-state index < -0.39 is 5.97 Å². The van der Waals surface area contributed by atoms with Crippen molar-refractivity contribution in [2.75, 3.05) is 0 Å². The Hall–Kier alpha value is -0.530. The van der Waals surface area contributed by atoms with Crippen LogP contribution in [0.5, 0.6) is 0 Å². The molecule has 137 valence electrons. The largest absolute Gasteiger partial charge is 0.481 e. The molecule has 0 saturated heterocycles.